The highest BCUT2D eigenvalue weighted by Crippen LogP contribution is 2.16. The van der Waals surface area contributed by atoms with Gasteiger partial charge in [0.15, 0.2) is 0 Å². The Morgan fingerprint density at radius 2 is 1.37 bits per heavy atom. The van der Waals surface area contributed by atoms with Gasteiger partial charge >= 0.3 is 0 Å². The van der Waals surface area contributed by atoms with Crippen LogP contribution in [0.1, 0.15) is 5.56 Å². The van der Waals surface area contributed by atoms with E-state index in [9.17, 15) is 0 Å². The molecule has 0 bridgehead atoms. The van der Waals surface area contributed by atoms with Crippen molar-refractivity contribution in [2.24, 2.45) is 4.99 Å². The number of hydrogen-bond donors (Lipinski definition) is 1. The van der Waals surface area contributed by atoms with Crippen LogP contribution in [0.25, 0.3) is 0 Å². The summed E-state index contributed by atoms with van der Waals surface area (Å²) in [7, 11) is 1.74. The van der Waals surface area contributed by atoms with Crippen LogP contribution < -0.4 is 5.32 Å². The largest absolute Gasteiger partial charge is 0.340 e. The first kappa shape index (κ1) is 15.8. The molecular weight excluding hydrogens is 303 g/mol. The van der Waals surface area contributed by atoms with Crippen molar-refractivity contribution in [1.82, 2.24) is 0 Å². The third kappa shape index (κ3) is 4.43. The fraction of sp³-hybridized carbons (Fsp3) is 0.0714. The van der Waals surface area contributed by atoms with E-state index < -0.39 is 0 Å². The van der Waals surface area contributed by atoms with Crippen LogP contribution in [0.2, 0.25) is 10.0 Å². The Hall–Kier alpha value is -1.22. The van der Waals surface area contributed by atoms with E-state index in [-0.39, 0.29) is 12.4 Å². The fourth-order valence-corrected chi connectivity index (χ4v) is 1.79. The van der Waals surface area contributed by atoms with Crippen LogP contribution in [0.4, 0.5) is 5.69 Å². The molecule has 0 saturated heterocycles. The van der Waals surface area contributed by atoms with E-state index in [1.807, 2.05) is 48.5 Å². The molecule has 0 spiro atoms. The highest BCUT2D eigenvalue weighted by atomic mass is 35.5. The Bertz CT molecular complexity index is 548. The van der Waals surface area contributed by atoms with Gasteiger partial charge in [-0.3, -0.25) is 4.99 Å². The molecule has 0 unspecified atom stereocenters. The standard InChI is InChI=1S/C14H12Cl2N2.ClH/c1-17-14(10-2-4-11(15)5-3-10)18-13-8-6-12(16)7-9-13;/h2-9H,1H3,(H,17,18);1H. The molecule has 0 aliphatic rings. The molecule has 2 aromatic rings. The number of nitrogens with one attached hydrogen (secondary N) is 1. The van der Waals surface area contributed by atoms with Gasteiger partial charge in [-0.1, -0.05) is 23.2 Å². The molecule has 0 heterocycles. The van der Waals surface area contributed by atoms with Crippen LogP contribution in [0.3, 0.4) is 0 Å². The van der Waals surface area contributed by atoms with Gasteiger partial charge < -0.3 is 5.32 Å². The van der Waals surface area contributed by atoms with Crippen molar-refractivity contribution < 1.29 is 0 Å². The van der Waals surface area contributed by atoms with Crippen LogP contribution >= 0.6 is 35.6 Å². The lowest BCUT2D eigenvalue weighted by Crippen LogP contribution is -2.13. The predicted octanol–water partition coefficient (Wildman–Crippen LogP) is 4.90. The van der Waals surface area contributed by atoms with E-state index >= 15 is 0 Å². The van der Waals surface area contributed by atoms with Crippen LogP contribution in [0.5, 0.6) is 0 Å². The minimum atomic E-state index is 0. The fourth-order valence-electron chi connectivity index (χ4n) is 1.53. The highest BCUT2D eigenvalue weighted by Gasteiger charge is 2.03. The number of aliphatic imine (C=N–C) groups is 1. The zero-order valence-corrected chi connectivity index (χ0v) is 12.6. The van der Waals surface area contributed by atoms with E-state index in [1.54, 1.807) is 7.05 Å². The van der Waals surface area contributed by atoms with Gasteiger partial charge in [-0.2, -0.15) is 0 Å². The SMILES string of the molecule is CN=C(Nc1ccc(Cl)cc1)c1ccc(Cl)cc1.Cl. The van der Waals surface area contributed by atoms with E-state index in [0.29, 0.717) is 10.0 Å². The minimum absolute atomic E-state index is 0. The summed E-state index contributed by atoms with van der Waals surface area (Å²) < 4.78 is 0. The summed E-state index contributed by atoms with van der Waals surface area (Å²) in [6, 6.07) is 15.0. The molecule has 0 amide bonds. The summed E-state index contributed by atoms with van der Waals surface area (Å²) in [6.45, 7) is 0. The summed E-state index contributed by atoms with van der Waals surface area (Å²) >= 11 is 11.7. The zero-order chi connectivity index (χ0) is 13.0. The zero-order valence-electron chi connectivity index (χ0n) is 10.2. The van der Waals surface area contributed by atoms with E-state index in [0.717, 1.165) is 17.1 Å². The molecule has 0 aromatic heterocycles. The van der Waals surface area contributed by atoms with Crippen molar-refractivity contribution in [1.29, 1.82) is 0 Å². The Morgan fingerprint density at radius 1 is 0.895 bits per heavy atom. The maximum atomic E-state index is 5.86. The van der Waals surface area contributed by atoms with Crippen molar-refractivity contribution >= 4 is 47.1 Å². The number of benzene rings is 2. The number of rotatable bonds is 2. The Kier molecular flexibility index (Phi) is 6.16. The van der Waals surface area contributed by atoms with Crippen molar-refractivity contribution in [3.8, 4) is 0 Å². The van der Waals surface area contributed by atoms with Crippen molar-refractivity contribution in [2.45, 2.75) is 0 Å². The lowest BCUT2D eigenvalue weighted by atomic mass is 10.2. The molecule has 2 rings (SSSR count). The van der Waals surface area contributed by atoms with E-state index in [4.69, 9.17) is 23.2 Å². The summed E-state index contributed by atoms with van der Waals surface area (Å²) in [5.41, 5.74) is 1.92. The van der Waals surface area contributed by atoms with Gasteiger partial charge in [0, 0.05) is 28.3 Å². The summed E-state index contributed by atoms with van der Waals surface area (Å²) in [5.74, 6) is 0.786. The molecule has 19 heavy (non-hydrogen) atoms. The molecule has 100 valence electrons. The average molecular weight is 316 g/mol. The molecule has 5 heteroatoms. The van der Waals surface area contributed by atoms with Crippen LogP contribution in [0.15, 0.2) is 53.5 Å². The van der Waals surface area contributed by atoms with Crippen LogP contribution in [-0.4, -0.2) is 12.9 Å². The molecule has 0 saturated carbocycles. The van der Waals surface area contributed by atoms with E-state index in [2.05, 4.69) is 10.3 Å². The number of amidine groups is 1. The lowest BCUT2D eigenvalue weighted by molar-refractivity contribution is 1.40. The second-order valence-electron chi connectivity index (χ2n) is 3.71. The topological polar surface area (TPSA) is 24.4 Å². The Labute approximate surface area is 128 Å². The van der Waals surface area contributed by atoms with Gasteiger partial charge in [0.25, 0.3) is 0 Å². The Morgan fingerprint density at radius 3 is 1.84 bits per heavy atom. The maximum Gasteiger partial charge on any atom is 0.132 e. The molecule has 0 aliphatic heterocycles. The van der Waals surface area contributed by atoms with Gasteiger partial charge in [-0.25, -0.2) is 0 Å². The summed E-state index contributed by atoms with van der Waals surface area (Å²) in [6.07, 6.45) is 0. The smallest absolute Gasteiger partial charge is 0.132 e. The number of anilines is 1. The predicted molar refractivity (Wildman–Crippen MR) is 86.2 cm³/mol. The lowest BCUT2D eigenvalue weighted by Gasteiger charge is -2.09. The molecule has 0 radical (unpaired) electrons. The molecule has 1 N–H and O–H groups in total. The first-order valence-corrected chi connectivity index (χ1v) is 6.20. The molecule has 2 aromatic carbocycles. The Balaban J connectivity index is 0.00000180. The van der Waals surface area contributed by atoms with Crippen molar-refractivity contribution in [2.75, 3.05) is 12.4 Å². The van der Waals surface area contributed by atoms with Crippen LogP contribution in [0, 0.1) is 0 Å². The average Bonchev–Trinajstić information content (AvgIpc) is 2.39. The molecule has 2 nitrogen and oxygen atoms in total. The quantitative estimate of drug-likeness (QED) is 0.618. The molecule has 0 atom stereocenters. The summed E-state index contributed by atoms with van der Waals surface area (Å²) in [5, 5.41) is 4.66. The van der Waals surface area contributed by atoms with Gasteiger partial charge in [0.05, 0.1) is 0 Å². The van der Waals surface area contributed by atoms with Gasteiger partial charge in [-0.15, -0.1) is 12.4 Å². The van der Waals surface area contributed by atoms with Gasteiger partial charge in [-0.05, 0) is 48.5 Å². The van der Waals surface area contributed by atoms with Gasteiger partial charge in [0.2, 0.25) is 0 Å². The molecular formula is C14H13Cl3N2. The van der Waals surface area contributed by atoms with E-state index in [1.165, 1.54) is 0 Å². The van der Waals surface area contributed by atoms with Crippen LogP contribution in [-0.2, 0) is 0 Å². The summed E-state index contributed by atoms with van der Waals surface area (Å²) in [4.78, 5) is 4.24. The maximum absolute atomic E-state index is 5.86. The number of hydrogen-bond acceptors (Lipinski definition) is 1. The van der Waals surface area contributed by atoms with Gasteiger partial charge in [0.1, 0.15) is 5.84 Å². The highest BCUT2D eigenvalue weighted by molar-refractivity contribution is 6.31. The third-order valence-electron chi connectivity index (χ3n) is 2.45. The minimum Gasteiger partial charge on any atom is -0.340 e. The van der Waals surface area contributed by atoms with Crippen molar-refractivity contribution in [3.63, 3.8) is 0 Å². The normalized spacial score (nSPS) is 10.8. The number of nitrogens with zero attached hydrogens (tertiary/aromatic N) is 1. The second kappa shape index (κ2) is 7.39. The van der Waals surface area contributed by atoms with Crippen molar-refractivity contribution in [3.05, 3.63) is 64.1 Å². The second-order valence-corrected chi connectivity index (χ2v) is 4.58. The molecule has 0 fully saturated rings. The number of halogens is 3. The monoisotopic (exact) mass is 314 g/mol. The third-order valence-corrected chi connectivity index (χ3v) is 2.95. The molecule has 0 aliphatic carbocycles. The first-order chi connectivity index (χ1) is 8.69. The first-order valence-electron chi connectivity index (χ1n) is 5.44.